The molecule has 0 N–H and O–H groups in total. The number of halogens is 1. The van der Waals surface area contributed by atoms with Crippen molar-refractivity contribution in [2.24, 2.45) is 0 Å². The Labute approximate surface area is 81.8 Å². The van der Waals surface area contributed by atoms with Crippen LogP contribution in [0.3, 0.4) is 0 Å². The fourth-order valence-electron chi connectivity index (χ4n) is 0.853. The predicted molar refractivity (Wildman–Crippen MR) is 52.5 cm³/mol. The molecule has 0 fully saturated rings. The number of ether oxygens (including phenoxy) is 1. The Bertz CT molecular complexity index is 290. The average Bonchev–Trinajstić information content (AvgIpc) is 2.15. The van der Waals surface area contributed by atoms with E-state index in [4.69, 9.17) is 11.6 Å². The maximum Gasteiger partial charge on any atom is 0.293 e. The van der Waals surface area contributed by atoms with E-state index in [0.717, 1.165) is 5.56 Å². The van der Waals surface area contributed by atoms with Crippen molar-refractivity contribution in [1.29, 1.82) is 0 Å². The third-order valence-electron chi connectivity index (χ3n) is 1.44. The fraction of sp³-hybridized carbons (Fsp3) is 0.100. The summed E-state index contributed by atoms with van der Waals surface area (Å²) in [7, 11) is 0. The minimum atomic E-state index is 0.298. The van der Waals surface area contributed by atoms with Crippen LogP contribution in [-0.4, -0.2) is 13.1 Å². The number of rotatable bonds is 4. The molecule has 2 nitrogen and oxygen atoms in total. The molecule has 0 saturated heterocycles. The van der Waals surface area contributed by atoms with Gasteiger partial charge in [0.05, 0.1) is 0 Å². The highest BCUT2D eigenvalue weighted by Gasteiger charge is 1.86. The number of benzene rings is 1. The molecule has 1 aromatic carbocycles. The lowest BCUT2D eigenvalue weighted by Gasteiger charge is -1.93. The normalized spacial score (nSPS) is 10.2. The highest BCUT2D eigenvalue weighted by molar-refractivity contribution is 6.30. The van der Waals surface area contributed by atoms with E-state index >= 15 is 0 Å². The molecule has 0 aliphatic heterocycles. The third kappa shape index (κ3) is 3.76. The minimum Gasteiger partial charge on any atom is -0.464 e. The van der Waals surface area contributed by atoms with Crippen LogP contribution >= 0.6 is 11.6 Å². The third-order valence-corrected chi connectivity index (χ3v) is 1.69. The first-order valence-electron chi connectivity index (χ1n) is 3.80. The standard InChI is InChI=1S/C10H9ClO2/c11-10-5-3-9(4-6-10)2-1-7-13-8-12/h1-6,8H,7H2. The van der Waals surface area contributed by atoms with Crippen LogP contribution in [0.15, 0.2) is 30.3 Å². The molecule has 1 aromatic rings. The van der Waals surface area contributed by atoms with Crippen molar-refractivity contribution < 1.29 is 9.53 Å². The molecular formula is C10H9ClO2. The molecule has 0 unspecified atom stereocenters. The Morgan fingerprint density at radius 1 is 1.31 bits per heavy atom. The first kappa shape index (κ1) is 9.81. The van der Waals surface area contributed by atoms with Crippen molar-refractivity contribution >= 4 is 24.1 Å². The molecule has 0 saturated carbocycles. The van der Waals surface area contributed by atoms with E-state index in [1.807, 2.05) is 30.3 Å². The average molecular weight is 197 g/mol. The van der Waals surface area contributed by atoms with Crippen LogP contribution in [0.25, 0.3) is 6.08 Å². The highest BCUT2D eigenvalue weighted by atomic mass is 35.5. The second-order valence-corrected chi connectivity index (χ2v) is 2.82. The quantitative estimate of drug-likeness (QED) is 0.547. The van der Waals surface area contributed by atoms with Crippen LogP contribution in [0.2, 0.25) is 5.02 Å². The molecule has 0 atom stereocenters. The summed E-state index contributed by atoms with van der Waals surface area (Å²) < 4.78 is 4.49. The largest absolute Gasteiger partial charge is 0.464 e. The van der Waals surface area contributed by atoms with Gasteiger partial charge in [0.15, 0.2) is 0 Å². The molecule has 0 heterocycles. The van der Waals surface area contributed by atoms with Gasteiger partial charge in [0, 0.05) is 5.02 Å². The second kappa shape index (κ2) is 5.38. The van der Waals surface area contributed by atoms with E-state index in [-0.39, 0.29) is 0 Å². The van der Waals surface area contributed by atoms with Crippen molar-refractivity contribution in [3.63, 3.8) is 0 Å². The summed E-state index contributed by atoms with van der Waals surface area (Å²) in [6, 6.07) is 7.39. The Morgan fingerprint density at radius 2 is 2.00 bits per heavy atom. The van der Waals surface area contributed by atoms with Crippen molar-refractivity contribution in [1.82, 2.24) is 0 Å². The molecule has 0 bridgehead atoms. The lowest BCUT2D eigenvalue weighted by molar-refractivity contribution is -0.127. The van der Waals surface area contributed by atoms with Gasteiger partial charge in [-0.05, 0) is 23.8 Å². The summed E-state index contributed by atoms with van der Waals surface area (Å²) in [5, 5.41) is 0.710. The van der Waals surface area contributed by atoms with Gasteiger partial charge in [0.2, 0.25) is 0 Å². The van der Waals surface area contributed by atoms with Gasteiger partial charge >= 0.3 is 0 Å². The Hall–Kier alpha value is -1.28. The van der Waals surface area contributed by atoms with Crippen LogP contribution in [0.1, 0.15) is 5.56 Å². The van der Waals surface area contributed by atoms with Crippen LogP contribution in [-0.2, 0) is 9.53 Å². The number of carbonyl (C=O) groups excluding carboxylic acids is 1. The summed E-state index contributed by atoms with van der Waals surface area (Å²) in [6.45, 7) is 0.721. The van der Waals surface area contributed by atoms with Crippen LogP contribution < -0.4 is 0 Å². The Morgan fingerprint density at radius 3 is 2.62 bits per heavy atom. The fourth-order valence-corrected chi connectivity index (χ4v) is 0.979. The minimum absolute atomic E-state index is 0.298. The first-order valence-corrected chi connectivity index (χ1v) is 4.18. The van der Waals surface area contributed by atoms with Crippen molar-refractivity contribution in [3.05, 3.63) is 40.9 Å². The van der Waals surface area contributed by atoms with Gasteiger partial charge in [-0.25, -0.2) is 0 Å². The van der Waals surface area contributed by atoms with Gasteiger partial charge in [-0.1, -0.05) is 29.8 Å². The van der Waals surface area contributed by atoms with E-state index in [2.05, 4.69) is 4.74 Å². The van der Waals surface area contributed by atoms with Crippen LogP contribution in [0.5, 0.6) is 0 Å². The lowest BCUT2D eigenvalue weighted by Crippen LogP contribution is -1.85. The lowest BCUT2D eigenvalue weighted by atomic mass is 10.2. The van der Waals surface area contributed by atoms with Gasteiger partial charge in [-0.15, -0.1) is 0 Å². The van der Waals surface area contributed by atoms with Crippen LogP contribution in [0, 0.1) is 0 Å². The zero-order chi connectivity index (χ0) is 9.52. The summed E-state index contributed by atoms with van der Waals surface area (Å²) in [6.07, 6.45) is 3.62. The van der Waals surface area contributed by atoms with E-state index < -0.39 is 0 Å². The second-order valence-electron chi connectivity index (χ2n) is 2.38. The molecule has 1 rings (SSSR count). The highest BCUT2D eigenvalue weighted by Crippen LogP contribution is 2.10. The zero-order valence-electron chi connectivity index (χ0n) is 6.94. The summed E-state index contributed by atoms with van der Waals surface area (Å²) in [5.41, 5.74) is 1.03. The Kier molecular flexibility index (Phi) is 4.06. The topological polar surface area (TPSA) is 26.3 Å². The summed E-state index contributed by atoms with van der Waals surface area (Å²) >= 11 is 5.70. The van der Waals surface area contributed by atoms with Gasteiger partial charge in [-0.3, -0.25) is 4.79 Å². The van der Waals surface area contributed by atoms with E-state index in [1.54, 1.807) is 6.08 Å². The molecule has 0 amide bonds. The van der Waals surface area contributed by atoms with Crippen molar-refractivity contribution in [2.45, 2.75) is 0 Å². The van der Waals surface area contributed by atoms with Gasteiger partial charge in [-0.2, -0.15) is 0 Å². The SMILES string of the molecule is O=COCC=Cc1ccc(Cl)cc1. The van der Waals surface area contributed by atoms with E-state index in [0.29, 0.717) is 18.1 Å². The molecule has 0 spiro atoms. The first-order chi connectivity index (χ1) is 6.33. The van der Waals surface area contributed by atoms with Crippen molar-refractivity contribution in [2.75, 3.05) is 6.61 Å². The van der Waals surface area contributed by atoms with Gasteiger partial charge in [0.1, 0.15) is 6.61 Å². The summed E-state index contributed by atoms with van der Waals surface area (Å²) in [5.74, 6) is 0. The molecule has 3 heteroatoms. The Balaban J connectivity index is 2.49. The maximum atomic E-state index is 9.79. The zero-order valence-corrected chi connectivity index (χ0v) is 7.70. The van der Waals surface area contributed by atoms with E-state index in [1.165, 1.54) is 0 Å². The van der Waals surface area contributed by atoms with Gasteiger partial charge < -0.3 is 4.74 Å². The van der Waals surface area contributed by atoms with E-state index in [9.17, 15) is 4.79 Å². The number of hydrogen-bond donors (Lipinski definition) is 0. The molecule has 0 aliphatic carbocycles. The maximum absolute atomic E-state index is 9.79. The number of carbonyl (C=O) groups is 1. The van der Waals surface area contributed by atoms with Crippen LogP contribution in [0.4, 0.5) is 0 Å². The number of hydrogen-bond acceptors (Lipinski definition) is 2. The predicted octanol–water partition coefficient (Wildman–Crippen LogP) is 2.53. The van der Waals surface area contributed by atoms with Crippen molar-refractivity contribution in [3.8, 4) is 0 Å². The molecule has 0 radical (unpaired) electrons. The summed E-state index contributed by atoms with van der Waals surface area (Å²) in [4.78, 5) is 9.79. The molecule has 0 aliphatic rings. The molecule has 13 heavy (non-hydrogen) atoms. The molecule has 0 aromatic heterocycles. The molecular weight excluding hydrogens is 188 g/mol. The van der Waals surface area contributed by atoms with Gasteiger partial charge in [0.25, 0.3) is 6.47 Å². The monoisotopic (exact) mass is 196 g/mol. The smallest absolute Gasteiger partial charge is 0.293 e. The molecule has 68 valence electrons.